The van der Waals surface area contributed by atoms with Crippen molar-refractivity contribution in [1.82, 2.24) is 5.32 Å². The van der Waals surface area contributed by atoms with Gasteiger partial charge in [-0.1, -0.05) is 0 Å². The molecule has 0 aliphatic carbocycles. The van der Waals surface area contributed by atoms with Crippen molar-refractivity contribution in [2.24, 2.45) is 0 Å². The van der Waals surface area contributed by atoms with Gasteiger partial charge in [0.2, 0.25) is 0 Å². The molecule has 0 aromatic carbocycles. The number of morpholine rings is 1. The molecule has 1 rings (SSSR count). The summed E-state index contributed by atoms with van der Waals surface area (Å²) in [6.07, 6.45) is 6.27. The summed E-state index contributed by atoms with van der Waals surface area (Å²) >= 11 is 0. The predicted octanol–water partition coefficient (Wildman–Crippen LogP) is 0.541. The lowest BCUT2D eigenvalue weighted by Gasteiger charge is -2.38. The van der Waals surface area contributed by atoms with Crippen molar-refractivity contribution < 1.29 is 9.53 Å². The first kappa shape index (κ1) is 9.86. The maximum atomic E-state index is 11.4. The first-order chi connectivity index (χ1) is 5.41. The minimum absolute atomic E-state index is 0.0521. The van der Waals surface area contributed by atoms with Gasteiger partial charge in [-0.3, -0.25) is 4.79 Å². The largest absolute Gasteiger partial charge is 0.357 e. The Morgan fingerprint density at radius 1 is 1.50 bits per heavy atom. The van der Waals surface area contributed by atoms with Crippen LogP contribution in [-0.2, 0) is 9.53 Å². The van der Waals surface area contributed by atoms with Gasteiger partial charge in [0, 0.05) is 6.04 Å². The Balaban J connectivity index is 2.63. The summed E-state index contributed by atoms with van der Waals surface area (Å²) in [6, 6.07) is 0.162. The smallest absolute Gasteiger partial charge is 0.258 e. The third-order valence-corrected chi connectivity index (χ3v) is 3.38. The van der Waals surface area contributed by atoms with E-state index in [9.17, 15) is 4.79 Å². The number of carbonyl (C=O) groups excluding carboxylic acids is 1. The lowest BCUT2D eigenvalue weighted by atomic mass is 10.3. The van der Waals surface area contributed by atoms with E-state index in [1.54, 1.807) is 0 Å². The van der Waals surface area contributed by atoms with Gasteiger partial charge in [-0.2, -0.15) is 0 Å². The molecule has 0 radical (unpaired) electrons. The number of ether oxygens (including phenoxy) is 1. The molecule has 1 aliphatic heterocycles. The standard InChI is InChI=1S/C8H17NO2S/c1-6-5-11-8(7(10)9-6)12(2,3)4/h6,8H,5H2,1-4H3,(H,9,10). The van der Waals surface area contributed by atoms with Gasteiger partial charge in [-0.15, -0.1) is 0 Å². The van der Waals surface area contributed by atoms with Crippen LogP contribution in [0.4, 0.5) is 0 Å². The van der Waals surface area contributed by atoms with Crippen LogP contribution in [0.25, 0.3) is 0 Å². The van der Waals surface area contributed by atoms with Gasteiger partial charge in [0.25, 0.3) is 5.91 Å². The molecule has 0 spiro atoms. The van der Waals surface area contributed by atoms with Gasteiger partial charge in [-0.25, -0.2) is 10.0 Å². The van der Waals surface area contributed by atoms with E-state index >= 15 is 0 Å². The molecule has 1 heterocycles. The van der Waals surface area contributed by atoms with Gasteiger partial charge in [0.15, 0.2) is 5.44 Å². The quantitative estimate of drug-likeness (QED) is 0.657. The number of rotatable bonds is 1. The van der Waals surface area contributed by atoms with Crippen LogP contribution in [0.3, 0.4) is 0 Å². The monoisotopic (exact) mass is 191 g/mol. The van der Waals surface area contributed by atoms with E-state index in [1.807, 2.05) is 6.92 Å². The van der Waals surface area contributed by atoms with Crippen LogP contribution >= 0.6 is 10.0 Å². The predicted molar refractivity (Wildman–Crippen MR) is 52.7 cm³/mol. The van der Waals surface area contributed by atoms with Crippen molar-refractivity contribution in [3.8, 4) is 0 Å². The number of nitrogens with one attached hydrogen (secondary N) is 1. The third kappa shape index (κ3) is 2.14. The Hall–Kier alpha value is -0.220. The first-order valence-corrected chi connectivity index (χ1v) is 6.92. The van der Waals surface area contributed by atoms with E-state index in [-0.39, 0.29) is 17.4 Å². The lowest BCUT2D eigenvalue weighted by molar-refractivity contribution is -0.133. The molecule has 1 fully saturated rings. The van der Waals surface area contributed by atoms with Crippen molar-refractivity contribution in [1.29, 1.82) is 0 Å². The van der Waals surface area contributed by atoms with E-state index < -0.39 is 10.0 Å². The summed E-state index contributed by atoms with van der Waals surface area (Å²) in [5.74, 6) is 0.0521. The summed E-state index contributed by atoms with van der Waals surface area (Å²) in [5, 5.41) is 2.89. The van der Waals surface area contributed by atoms with E-state index in [1.165, 1.54) is 0 Å². The first-order valence-electron chi connectivity index (χ1n) is 4.00. The molecule has 0 aromatic heterocycles. The van der Waals surface area contributed by atoms with Gasteiger partial charge < -0.3 is 10.1 Å². The van der Waals surface area contributed by atoms with E-state index in [0.29, 0.717) is 6.61 Å². The Bertz CT molecular complexity index is 188. The normalized spacial score (nSPS) is 32.8. The highest BCUT2D eigenvalue weighted by Crippen LogP contribution is 2.42. The third-order valence-electron chi connectivity index (χ3n) is 1.74. The number of carbonyl (C=O) groups is 1. The zero-order valence-electron chi connectivity index (χ0n) is 8.09. The van der Waals surface area contributed by atoms with Gasteiger partial charge in [0.1, 0.15) is 0 Å². The fourth-order valence-corrected chi connectivity index (χ4v) is 2.38. The summed E-state index contributed by atoms with van der Waals surface area (Å²) in [5.41, 5.74) is -0.214. The van der Waals surface area contributed by atoms with E-state index in [2.05, 4.69) is 24.1 Å². The SMILES string of the molecule is CC1COC(S(C)(C)C)C(=O)N1. The zero-order chi connectivity index (χ0) is 9.35. The molecule has 0 saturated carbocycles. The van der Waals surface area contributed by atoms with Gasteiger partial charge in [0.05, 0.1) is 6.61 Å². The summed E-state index contributed by atoms with van der Waals surface area (Å²) in [4.78, 5) is 11.4. The summed E-state index contributed by atoms with van der Waals surface area (Å²) < 4.78 is 5.49. The highest BCUT2D eigenvalue weighted by atomic mass is 32.3. The van der Waals surface area contributed by atoms with Crippen LogP contribution in [0.1, 0.15) is 6.92 Å². The highest BCUT2D eigenvalue weighted by molar-refractivity contribution is 8.33. The van der Waals surface area contributed by atoms with Crippen LogP contribution in [-0.4, -0.2) is 42.8 Å². The molecule has 1 aliphatic rings. The van der Waals surface area contributed by atoms with Crippen molar-refractivity contribution in [2.45, 2.75) is 18.4 Å². The molecule has 3 nitrogen and oxygen atoms in total. The number of hydrogen-bond donors (Lipinski definition) is 1. The maximum Gasteiger partial charge on any atom is 0.258 e. The summed E-state index contributed by atoms with van der Waals surface area (Å²) in [6.45, 7) is 2.59. The van der Waals surface area contributed by atoms with Crippen LogP contribution in [0.5, 0.6) is 0 Å². The summed E-state index contributed by atoms with van der Waals surface area (Å²) in [7, 11) is -0.933. The molecule has 72 valence electrons. The molecule has 4 heteroatoms. The van der Waals surface area contributed by atoms with Gasteiger partial charge >= 0.3 is 0 Å². The second-order valence-corrected chi connectivity index (χ2v) is 8.30. The van der Waals surface area contributed by atoms with Crippen LogP contribution in [0.2, 0.25) is 0 Å². The average molecular weight is 191 g/mol. The molecular weight excluding hydrogens is 174 g/mol. The average Bonchev–Trinajstić information content (AvgIpc) is 1.83. The Morgan fingerprint density at radius 2 is 2.08 bits per heavy atom. The number of amides is 1. The zero-order valence-corrected chi connectivity index (χ0v) is 8.90. The van der Waals surface area contributed by atoms with Crippen LogP contribution in [0, 0.1) is 0 Å². The van der Waals surface area contributed by atoms with Gasteiger partial charge in [-0.05, 0) is 25.7 Å². The second-order valence-electron chi connectivity index (χ2n) is 4.01. The topological polar surface area (TPSA) is 38.3 Å². The Morgan fingerprint density at radius 3 is 2.50 bits per heavy atom. The van der Waals surface area contributed by atoms with Crippen LogP contribution < -0.4 is 5.32 Å². The molecule has 1 N–H and O–H groups in total. The van der Waals surface area contributed by atoms with Crippen molar-refractivity contribution in [3.05, 3.63) is 0 Å². The van der Waals surface area contributed by atoms with E-state index in [4.69, 9.17) is 4.74 Å². The van der Waals surface area contributed by atoms with Crippen molar-refractivity contribution in [3.63, 3.8) is 0 Å². The molecule has 1 saturated heterocycles. The second kappa shape index (κ2) is 3.26. The fourth-order valence-electron chi connectivity index (χ4n) is 1.19. The molecule has 12 heavy (non-hydrogen) atoms. The fraction of sp³-hybridized carbons (Fsp3) is 0.875. The minimum Gasteiger partial charge on any atom is -0.357 e. The number of hydrogen-bond acceptors (Lipinski definition) is 2. The molecule has 0 aromatic rings. The molecule has 0 bridgehead atoms. The van der Waals surface area contributed by atoms with Crippen molar-refractivity contribution >= 4 is 15.9 Å². The Labute approximate surface area is 75.2 Å². The molecular formula is C8H17NO2S. The van der Waals surface area contributed by atoms with E-state index in [0.717, 1.165) is 0 Å². The lowest BCUT2D eigenvalue weighted by Crippen LogP contribution is -2.50. The highest BCUT2D eigenvalue weighted by Gasteiger charge is 2.33. The van der Waals surface area contributed by atoms with Crippen molar-refractivity contribution in [2.75, 3.05) is 25.4 Å². The molecule has 2 unspecified atom stereocenters. The molecule has 1 amide bonds. The Kier molecular flexibility index (Phi) is 2.68. The minimum atomic E-state index is -0.933. The maximum absolute atomic E-state index is 11.4. The van der Waals surface area contributed by atoms with Crippen LogP contribution in [0.15, 0.2) is 0 Å². The molecule has 2 atom stereocenters.